The molecule has 0 aromatic heterocycles. The van der Waals surface area contributed by atoms with E-state index in [-0.39, 0.29) is 18.1 Å². The normalized spacial score (nSPS) is 13.9. The van der Waals surface area contributed by atoms with Crippen molar-refractivity contribution in [2.45, 2.75) is 65.7 Å². The molecule has 1 amide bonds. The molecular weight excluding hydrogens is 234 g/mol. The van der Waals surface area contributed by atoms with Gasteiger partial charge in [0, 0.05) is 0 Å². The van der Waals surface area contributed by atoms with Crippen LogP contribution >= 0.6 is 0 Å². The number of hydrogen-bond donors (Lipinski definition) is 1. The average Bonchev–Trinajstić information content (AvgIpc) is 2.10. The monoisotopic (exact) mass is 259 g/mol. The Morgan fingerprint density at radius 1 is 1.06 bits per heavy atom. The molecule has 0 spiro atoms. The number of carbonyl (C=O) groups is 2. The molecule has 18 heavy (non-hydrogen) atoms. The van der Waals surface area contributed by atoms with Crippen LogP contribution in [0.15, 0.2) is 0 Å². The third kappa shape index (κ3) is 8.98. The van der Waals surface area contributed by atoms with Crippen LogP contribution in [0.5, 0.6) is 0 Å². The van der Waals surface area contributed by atoms with Crippen LogP contribution in [0.4, 0.5) is 0 Å². The Balaban J connectivity index is 4.12. The van der Waals surface area contributed by atoms with Gasteiger partial charge in [-0.05, 0) is 48.5 Å². The van der Waals surface area contributed by atoms with Crippen LogP contribution in [0.25, 0.3) is 0 Å². The van der Waals surface area contributed by atoms with Gasteiger partial charge in [0.1, 0.15) is 18.2 Å². The maximum Gasteiger partial charge on any atom is 0.328 e. The van der Waals surface area contributed by atoms with Crippen molar-refractivity contribution in [1.82, 2.24) is 5.32 Å². The van der Waals surface area contributed by atoms with Gasteiger partial charge in [-0.3, -0.25) is 4.79 Å². The van der Waals surface area contributed by atoms with E-state index >= 15 is 0 Å². The Morgan fingerprint density at radius 3 is 1.94 bits per heavy atom. The first kappa shape index (κ1) is 16.9. The first-order valence-corrected chi connectivity index (χ1v) is 6.07. The quantitative estimate of drug-likeness (QED) is 0.780. The summed E-state index contributed by atoms with van der Waals surface area (Å²) in [4.78, 5) is 23.1. The molecule has 1 atom stereocenters. The minimum atomic E-state index is -0.680. The number of nitrogens with one attached hydrogen (secondary N) is 1. The summed E-state index contributed by atoms with van der Waals surface area (Å²) < 4.78 is 10.5. The van der Waals surface area contributed by atoms with Crippen molar-refractivity contribution >= 4 is 11.9 Å². The predicted molar refractivity (Wildman–Crippen MR) is 69.2 cm³/mol. The Morgan fingerprint density at radius 2 is 1.56 bits per heavy atom. The third-order valence-corrected chi connectivity index (χ3v) is 1.77. The van der Waals surface area contributed by atoms with E-state index < -0.39 is 17.6 Å². The lowest BCUT2D eigenvalue weighted by Crippen LogP contribution is -2.44. The highest BCUT2D eigenvalue weighted by atomic mass is 16.6. The minimum Gasteiger partial charge on any atom is -0.458 e. The molecule has 5 heteroatoms. The van der Waals surface area contributed by atoms with Gasteiger partial charge in [-0.25, -0.2) is 4.79 Å². The standard InChI is InChI=1S/C13H25NO4/c1-9(11(16)18-13(5,6)7)14-10(15)8-17-12(2,3)4/h9H,8H2,1-7H3,(H,14,15)/t9-/m0/s1. The number of rotatable bonds is 4. The van der Waals surface area contributed by atoms with Crippen LogP contribution in [0, 0.1) is 0 Å². The van der Waals surface area contributed by atoms with Crippen LogP contribution < -0.4 is 5.32 Å². The van der Waals surface area contributed by atoms with Crippen molar-refractivity contribution in [2.75, 3.05) is 6.61 Å². The molecule has 0 saturated heterocycles. The molecule has 106 valence electrons. The average molecular weight is 259 g/mol. The number of hydrogen-bond acceptors (Lipinski definition) is 4. The highest BCUT2D eigenvalue weighted by Crippen LogP contribution is 2.08. The van der Waals surface area contributed by atoms with Crippen molar-refractivity contribution < 1.29 is 19.1 Å². The maximum atomic E-state index is 11.6. The van der Waals surface area contributed by atoms with Gasteiger partial charge in [-0.15, -0.1) is 0 Å². The third-order valence-electron chi connectivity index (χ3n) is 1.77. The molecule has 0 aliphatic carbocycles. The molecule has 0 saturated carbocycles. The van der Waals surface area contributed by atoms with E-state index in [1.165, 1.54) is 0 Å². The summed E-state index contributed by atoms with van der Waals surface area (Å²) in [6.45, 7) is 12.4. The zero-order valence-corrected chi connectivity index (χ0v) is 12.4. The SMILES string of the molecule is C[C@H](NC(=O)COC(C)(C)C)C(=O)OC(C)(C)C. The molecule has 0 aromatic carbocycles. The van der Waals surface area contributed by atoms with E-state index in [1.807, 2.05) is 20.8 Å². The largest absolute Gasteiger partial charge is 0.458 e. The van der Waals surface area contributed by atoms with Crippen LogP contribution in [0.3, 0.4) is 0 Å². The second-order valence-electron chi connectivity index (χ2n) is 6.22. The molecule has 0 heterocycles. The van der Waals surface area contributed by atoms with E-state index in [2.05, 4.69) is 5.32 Å². The number of ether oxygens (including phenoxy) is 2. The van der Waals surface area contributed by atoms with Crippen molar-refractivity contribution in [3.05, 3.63) is 0 Å². The van der Waals surface area contributed by atoms with Gasteiger partial charge in [0.25, 0.3) is 0 Å². The zero-order chi connectivity index (χ0) is 14.6. The van der Waals surface area contributed by atoms with Crippen molar-refractivity contribution in [2.24, 2.45) is 0 Å². The van der Waals surface area contributed by atoms with Gasteiger partial charge in [-0.2, -0.15) is 0 Å². The van der Waals surface area contributed by atoms with Crippen LogP contribution in [-0.2, 0) is 19.1 Å². The second kappa shape index (κ2) is 6.18. The molecule has 1 N–H and O–H groups in total. The summed E-state index contributed by atoms with van der Waals surface area (Å²) in [6.07, 6.45) is 0. The van der Waals surface area contributed by atoms with E-state index in [0.717, 1.165) is 0 Å². The summed E-state index contributed by atoms with van der Waals surface area (Å²) in [5.41, 5.74) is -0.940. The Kier molecular flexibility index (Phi) is 5.80. The van der Waals surface area contributed by atoms with Gasteiger partial charge in [0.15, 0.2) is 0 Å². The number of amides is 1. The highest BCUT2D eigenvalue weighted by Gasteiger charge is 2.23. The van der Waals surface area contributed by atoms with Gasteiger partial charge in [-0.1, -0.05) is 0 Å². The lowest BCUT2D eigenvalue weighted by molar-refractivity contribution is -0.158. The first-order valence-electron chi connectivity index (χ1n) is 6.07. The fraction of sp³-hybridized carbons (Fsp3) is 0.846. The Bertz CT molecular complexity index is 299. The highest BCUT2D eigenvalue weighted by molar-refractivity contribution is 5.84. The van der Waals surface area contributed by atoms with Crippen LogP contribution in [-0.4, -0.2) is 35.7 Å². The molecule has 0 bridgehead atoms. The summed E-state index contributed by atoms with van der Waals surface area (Å²) >= 11 is 0. The molecule has 0 aliphatic rings. The Labute approximate surface area is 109 Å². The van der Waals surface area contributed by atoms with Crippen molar-refractivity contribution in [3.63, 3.8) is 0 Å². The van der Waals surface area contributed by atoms with Crippen LogP contribution in [0.2, 0.25) is 0 Å². The van der Waals surface area contributed by atoms with E-state index in [1.54, 1.807) is 27.7 Å². The van der Waals surface area contributed by atoms with E-state index in [0.29, 0.717) is 0 Å². The molecule has 0 unspecified atom stereocenters. The molecule has 0 radical (unpaired) electrons. The van der Waals surface area contributed by atoms with E-state index in [4.69, 9.17) is 9.47 Å². The predicted octanol–water partition coefficient (Wildman–Crippen LogP) is 1.65. The number of carbonyl (C=O) groups excluding carboxylic acids is 2. The molecule has 5 nitrogen and oxygen atoms in total. The fourth-order valence-corrected chi connectivity index (χ4v) is 1.01. The Hall–Kier alpha value is -1.10. The minimum absolute atomic E-state index is 0.0728. The van der Waals surface area contributed by atoms with Gasteiger partial charge in [0.05, 0.1) is 5.60 Å². The fourth-order valence-electron chi connectivity index (χ4n) is 1.01. The topological polar surface area (TPSA) is 64.6 Å². The smallest absolute Gasteiger partial charge is 0.328 e. The summed E-state index contributed by atoms with van der Waals surface area (Å²) in [7, 11) is 0. The molecule has 0 aliphatic heterocycles. The van der Waals surface area contributed by atoms with Gasteiger partial charge >= 0.3 is 5.97 Å². The van der Waals surface area contributed by atoms with Crippen molar-refractivity contribution in [1.29, 1.82) is 0 Å². The van der Waals surface area contributed by atoms with Gasteiger partial charge in [0.2, 0.25) is 5.91 Å². The van der Waals surface area contributed by atoms with Crippen LogP contribution in [0.1, 0.15) is 48.5 Å². The number of esters is 1. The summed E-state index contributed by atoms with van der Waals surface area (Å²) in [5.74, 6) is -0.783. The molecule has 0 rings (SSSR count). The summed E-state index contributed by atoms with van der Waals surface area (Å²) in [5, 5.41) is 2.54. The lowest BCUT2D eigenvalue weighted by Gasteiger charge is -2.23. The van der Waals surface area contributed by atoms with Gasteiger partial charge < -0.3 is 14.8 Å². The maximum absolute atomic E-state index is 11.6. The van der Waals surface area contributed by atoms with E-state index in [9.17, 15) is 9.59 Å². The zero-order valence-electron chi connectivity index (χ0n) is 12.4. The van der Waals surface area contributed by atoms with Crippen molar-refractivity contribution in [3.8, 4) is 0 Å². The first-order chi connectivity index (χ1) is 7.91. The molecule has 0 fully saturated rings. The molecular formula is C13H25NO4. The molecule has 0 aromatic rings. The lowest BCUT2D eigenvalue weighted by atomic mass is 10.2. The second-order valence-corrected chi connectivity index (χ2v) is 6.22. The summed E-state index contributed by atoms with van der Waals surface area (Å²) in [6, 6.07) is -0.680.